The van der Waals surface area contributed by atoms with Crippen molar-refractivity contribution in [3.05, 3.63) is 42.6 Å². The Labute approximate surface area is 104 Å². The molecule has 0 radical (unpaired) electrons. The van der Waals surface area contributed by atoms with Crippen LogP contribution in [-0.2, 0) is 0 Å². The van der Waals surface area contributed by atoms with Gasteiger partial charge in [0.25, 0.3) is 0 Å². The predicted octanol–water partition coefficient (Wildman–Crippen LogP) is 3.31. The molecule has 1 aromatic carbocycles. The summed E-state index contributed by atoms with van der Waals surface area (Å²) in [5.41, 5.74) is 0. The molecule has 0 aliphatic rings. The zero-order chi connectivity index (χ0) is 13.9. The lowest BCUT2D eigenvalue weighted by atomic mass is 10.3. The molecule has 0 saturated carbocycles. The van der Waals surface area contributed by atoms with E-state index in [1.165, 1.54) is 18.2 Å². The Morgan fingerprint density at radius 1 is 1.00 bits per heavy atom. The Morgan fingerprint density at radius 2 is 1.68 bits per heavy atom. The molecule has 1 aromatic heterocycles. The van der Waals surface area contributed by atoms with Crippen molar-refractivity contribution in [1.29, 1.82) is 0 Å². The molecule has 1 heterocycles. The summed E-state index contributed by atoms with van der Waals surface area (Å²) in [6.07, 6.45) is -3.96. The van der Waals surface area contributed by atoms with E-state index in [0.717, 1.165) is 18.5 Å². The van der Waals surface area contributed by atoms with Crippen molar-refractivity contribution in [2.45, 2.75) is 6.36 Å². The van der Waals surface area contributed by atoms with Crippen LogP contribution in [0, 0.1) is 5.95 Å². The van der Waals surface area contributed by atoms with E-state index in [0.29, 0.717) is 0 Å². The first-order valence-electron chi connectivity index (χ1n) is 4.94. The van der Waals surface area contributed by atoms with Gasteiger partial charge in [0.15, 0.2) is 11.5 Å². The fourth-order valence-corrected chi connectivity index (χ4v) is 1.23. The van der Waals surface area contributed by atoms with Gasteiger partial charge in [-0.3, -0.25) is 0 Å². The zero-order valence-corrected chi connectivity index (χ0v) is 9.19. The minimum absolute atomic E-state index is 0.231. The minimum atomic E-state index is -4.85. The van der Waals surface area contributed by atoms with E-state index < -0.39 is 18.1 Å². The van der Waals surface area contributed by atoms with Crippen molar-refractivity contribution in [3.63, 3.8) is 0 Å². The van der Waals surface area contributed by atoms with Crippen LogP contribution in [0.15, 0.2) is 36.7 Å². The molecule has 0 aliphatic carbocycles. The Kier molecular flexibility index (Phi) is 3.50. The molecule has 2 rings (SSSR count). The largest absolute Gasteiger partial charge is 0.573 e. The van der Waals surface area contributed by atoms with Crippen molar-refractivity contribution in [2.24, 2.45) is 0 Å². The monoisotopic (exact) mass is 274 g/mol. The third-order valence-corrected chi connectivity index (χ3v) is 1.90. The molecular formula is C11H6F4N2O2. The molecule has 0 aliphatic heterocycles. The topological polar surface area (TPSA) is 44.2 Å². The molecule has 0 bridgehead atoms. The van der Waals surface area contributed by atoms with Crippen LogP contribution in [0.3, 0.4) is 0 Å². The van der Waals surface area contributed by atoms with Gasteiger partial charge in [0.1, 0.15) is 6.33 Å². The van der Waals surface area contributed by atoms with Crippen LogP contribution in [0.5, 0.6) is 17.4 Å². The summed E-state index contributed by atoms with van der Waals surface area (Å²) in [6, 6.07) is 5.93. The van der Waals surface area contributed by atoms with Gasteiger partial charge >= 0.3 is 6.36 Å². The first kappa shape index (κ1) is 13.1. The molecule has 0 unspecified atom stereocenters. The van der Waals surface area contributed by atoms with Crippen LogP contribution in [0.25, 0.3) is 0 Å². The molecule has 0 spiro atoms. The van der Waals surface area contributed by atoms with Crippen molar-refractivity contribution >= 4 is 0 Å². The molecule has 0 fully saturated rings. The number of alkyl halides is 3. The van der Waals surface area contributed by atoms with Crippen LogP contribution >= 0.6 is 0 Å². The lowest BCUT2D eigenvalue weighted by Gasteiger charge is -2.12. The lowest BCUT2D eigenvalue weighted by Crippen LogP contribution is -2.17. The summed E-state index contributed by atoms with van der Waals surface area (Å²) in [6.45, 7) is 0. The van der Waals surface area contributed by atoms with E-state index in [4.69, 9.17) is 4.74 Å². The van der Waals surface area contributed by atoms with Gasteiger partial charge in [-0.25, -0.2) is 9.97 Å². The second-order valence-electron chi connectivity index (χ2n) is 3.28. The first-order chi connectivity index (χ1) is 8.94. The first-order valence-corrected chi connectivity index (χ1v) is 4.94. The molecule has 19 heavy (non-hydrogen) atoms. The van der Waals surface area contributed by atoms with Crippen molar-refractivity contribution < 1.29 is 27.0 Å². The molecule has 2 aromatic rings. The van der Waals surface area contributed by atoms with Crippen molar-refractivity contribution in [2.75, 3.05) is 0 Å². The van der Waals surface area contributed by atoms with E-state index in [1.54, 1.807) is 0 Å². The normalized spacial score (nSPS) is 11.2. The Hall–Kier alpha value is -2.38. The summed E-state index contributed by atoms with van der Waals surface area (Å²) < 4.78 is 58.1. The number of halogens is 4. The molecule has 8 heteroatoms. The quantitative estimate of drug-likeness (QED) is 0.636. The van der Waals surface area contributed by atoms with E-state index in [9.17, 15) is 17.6 Å². The number of hydrogen-bond acceptors (Lipinski definition) is 4. The summed E-state index contributed by atoms with van der Waals surface area (Å²) in [7, 11) is 0. The van der Waals surface area contributed by atoms with E-state index >= 15 is 0 Å². The second kappa shape index (κ2) is 5.09. The number of nitrogens with zero attached hydrogens (tertiary/aromatic N) is 2. The smallest absolute Gasteiger partial charge is 0.435 e. The molecule has 0 atom stereocenters. The molecule has 4 nitrogen and oxygen atoms in total. The highest BCUT2D eigenvalue weighted by Crippen LogP contribution is 2.34. The highest BCUT2D eigenvalue weighted by Gasteiger charge is 2.32. The van der Waals surface area contributed by atoms with Crippen LogP contribution < -0.4 is 9.47 Å². The average molecular weight is 274 g/mol. The van der Waals surface area contributed by atoms with Crippen LogP contribution in [-0.4, -0.2) is 16.3 Å². The Balaban J connectivity index is 2.25. The Bertz CT molecular complexity index is 575. The van der Waals surface area contributed by atoms with Gasteiger partial charge in [0, 0.05) is 0 Å². The standard InChI is InChI=1S/C11H6F4N2O2/c12-9-5-10(17-6-16-9)18-7-3-1-2-4-8(7)19-11(13,14)15/h1-6H. The van der Waals surface area contributed by atoms with Crippen LogP contribution in [0.1, 0.15) is 0 Å². The molecule has 0 saturated heterocycles. The third-order valence-electron chi connectivity index (χ3n) is 1.90. The van der Waals surface area contributed by atoms with Gasteiger partial charge in [-0.1, -0.05) is 12.1 Å². The number of para-hydroxylation sites is 2. The number of aromatic nitrogens is 2. The Morgan fingerprint density at radius 3 is 2.32 bits per heavy atom. The van der Waals surface area contributed by atoms with Crippen LogP contribution in [0.4, 0.5) is 17.6 Å². The lowest BCUT2D eigenvalue weighted by molar-refractivity contribution is -0.275. The molecule has 0 amide bonds. The molecule has 100 valence electrons. The number of hydrogen-bond donors (Lipinski definition) is 0. The van der Waals surface area contributed by atoms with E-state index in [-0.39, 0.29) is 11.6 Å². The molecule has 0 N–H and O–H groups in total. The summed E-state index contributed by atoms with van der Waals surface area (Å²) >= 11 is 0. The fourth-order valence-electron chi connectivity index (χ4n) is 1.23. The van der Waals surface area contributed by atoms with Gasteiger partial charge in [0.05, 0.1) is 6.07 Å². The maximum atomic E-state index is 12.8. The van der Waals surface area contributed by atoms with Gasteiger partial charge in [-0.2, -0.15) is 4.39 Å². The molecular weight excluding hydrogens is 268 g/mol. The summed E-state index contributed by atoms with van der Waals surface area (Å²) in [4.78, 5) is 6.76. The maximum Gasteiger partial charge on any atom is 0.573 e. The number of benzene rings is 1. The number of ether oxygens (including phenoxy) is 2. The third kappa shape index (κ3) is 3.80. The second-order valence-corrected chi connectivity index (χ2v) is 3.28. The number of rotatable bonds is 3. The predicted molar refractivity (Wildman–Crippen MR) is 55.2 cm³/mol. The zero-order valence-electron chi connectivity index (χ0n) is 9.19. The highest BCUT2D eigenvalue weighted by molar-refractivity contribution is 5.41. The van der Waals surface area contributed by atoms with E-state index in [1.807, 2.05) is 0 Å². The fraction of sp³-hybridized carbons (Fsp3) is 0.0909. The summed E-state index contributed by atoms with van der Waals surface area (Å²) in [5, 5.41) is 0. The highest BCUT2D eigenvalue weighted by atomic mass is 19.4. The maximum absolute atomic E-state index is 12.8. The van der Waals surface area contributed by atoms with Crippen LogP contribution in [0.2, 0.25) is 0 Å². The van der Waals surface area contributed by atoms with Crippen molar-refractivity contribution in [3.8, 4) is 17.4 Å². The van der Waals surface area contributed by atoms with Crippen molar-refractivity contribution in [1.82, 2.24) is 9.97 Å². The van der Waals surface area contributed by atoms with Gasteiger partial charge in [-0.05, 0) is 12.1 Å². The van der Waals surface area contributed by atoms with Gasteiger partial charge < -0.3 is 9.47 Å². The SMILES string of the molecule is Fc1cc(Oc2ccccc2OC(F)(F)F)ncn1. The van der Waals surface area contributed by atoms with E-state index in [2.05, 4.69) is 14.7 Å². The minimum Gasteiger partial charge on any atom is -0.435 e. The summed E-state index contributed by atoms with van der Waals surface area (Å²) in [5.74, 6) is -1.88. The average Bonchev–Trinajstić information content (AvgIpc) is 2.30. The van der Waals surface area contributed by atoms with Gasteiger partial charge in [0.2, 0.25) is 11.8 Å². The van der Waals surface area contributed by atoms with Gasteiger partial charge in [-0.15, -0.1) is 13.2 Å².